The van der Waals surface area contributed by atoms with Crippen LogP contribution in [-0.4, -0.2) is 22.6 Å². The van der Waals surface area contributed by atoms with Crippen molar-refractivity contribution in [3.8, 4) is 0 Å². The normalized spacial score (nSPS) is 9.67. The Labute approximate surface area is 105 Å². The lowest BCUT2D eigenvalue weighted by molar-refractivity contribution is -0.136. The van der Waals surface area contributed by atoms with E-state index in [1.165, 1.54) is 19.9 Å². The maximum atomic E-state index is 11.2. The first kappa shape index (κ1) is 13.8. The van der Waals surface area contributed by atoms with Gasteiger partial charge in [0.2, 0.25) is 0 Å². The summed E-state index contributed by atoms with van der Waals surface area (Å²) in [6.07, 6.45) is 1.46. The van der Waals surface area contributed by atoms with Crippen LogP contribution < -0.4 is 0 Å². The standard InChI is InChI=1S/C14H14O4/c1-9(15)13(10(2)16)7-11-3-5-12(6-4-11)8-14(17)18/h3-7H,8H2,1-2H3,(H,17,18). The number of rotatable bonds is 5. The highest BCUT2D eigenvalue weighted by Crippen LogP contribution is 2.11. The van der Waals surface area contributed by atoms with Crippen LogP contribution in [0.1, 0.15) is 25.0 Å². The van der Waals surface area contributed by atoms with Gasteiger partial charge >= 0.3 is 5.97 Å². The van der Waals surface area contributed by atoms with E-state index in [9.17, 15) is 14.4 Å². The molecule has 94 valence electrons. The van der Waals surface area contributed by atoms with E-state index in [0.29, 0.717) is 11.1 Å². The van der Waals surface area contributed by atoms with E-state index in [1.807, 2.05) is 0 Å². The number of aliphatic carboxylic acids is 1. The lowest BCUT2D eigenvalue weighted by Gasteiger charge is -2.01. The minimum Gasteiger partial charge on any atom is -0.481 e. The molecule has 0 aromatic heterocycles. The highest BCUT2D eigenvalue weighted by molar-refractivity contribution is 6.21. The first-order chi connectivity index (χ1) is 8.40. The van der Waals surface area contributed by atoms with Crippen LogP contribution in [0.2, 0.25) is 0 Å². The molecule has 18 heavy (non-hydrogen) atoms. The minimum atomic E-state index is -0.897. The van der Waals surface area contributed by atoms with Gasteiger partial charge in [-0.2, -0.15) is 0 Å². The minimum absolute atomic E-state index is 0.0454. The molecule has 0 amide bonds. The number of carbonyl (C=O) groups excluding carboxylic acids is 2. The van der Waals surface area contributed by atoms with E-state index >= 15 is 0 Å². The Morgan fingerprint density at radius 1 is 1.06 bits per heavy atom. The summed E-state index contributed by atoms with van der Waals surface area (Å²) >= 11 is 0. The third-order valence-electron chi connectivity index (χ3n) is 2.40. The number of benzene rings is 1. The molecule has 4 nitrogen and oxygen atoms in total. The summed E-state index contributed by atoms with van der Waals surface area (Å²) in [7, 11) is 0. The molecule has 0 aliphatic carbocycles. The second-order valence-electron chi connectivity index (χ2n) is 3.98. The van der Waals surface area contributed by atoms with Crippen LogP contribution in [0.5, 0.6) is 0 Å². The quantitative estimate of drug-likeness (QED) is 0.489. The molecule has 0 bridgehead atoms. The van der Waals surface area contributed by atoms with Crippen molar-refractivity contribution in [1.29, 1.82) is 0 Å². The smallest absolute Gasteiger partial charge is 0.307 e. The van der Waals surface area contributed by atoms with Gasteiger partial charge in [0.25, 0.3) is 0 Å². The van der Waals surface area contributed by atoms with E-state index < -0.39 is 5.97 Å². The molecular formula is C14H14O4. The Morgan fingerprint density at radius 2 is 1.56 bits per heavy atom. The van der Waals surface area contributed by atoms with Crippen molar-refractivity contribution in [1.82, 2.24) is 0 Å². The summed E-state index contributed by atoms with van der Waals surface area (Å²) in [6.45, 7) is 2.68. The summed E-state index contributed by atoms with van der Waals surface area (Å²) in [6, 6.07) is 6.70. The van der Waals surface area contributed by atoms with Crippen LogP contribution in [0.25, 0.3) is 6.08 Å². The fourth-order valence-electron chi connectivity index (χ4n) is 1.52. The predicted octanol–water partition coefficient (Wildman–Crippen LogP) is 1.88. The molecule has 0 heterocycles. The molecule has 0 atom stereocenters. The molecule has 1 aromatic rings. The maximum Gasteiger partial charge on any atom is 0.307 e. The number of ketones is 2. The molecule has 1 rings (SSSR count). The van der Waals surface area contributed by atoms with Gasteiger partial charge < -0.3 is 5.11 Å². The van der Waals surface area contributed by atoms with Gasteiger partial charge in [0, 0.05) is 0 Å². The van der Waals surface area contributed by atoms with Crippen molar-refractivity contribution in [2.45, 2.75) is 20.3 Å². The lowest BCUT2D eigenvalue weighted by Crippen LogP contribution is -2.05. The average molecular weight is 246 g/mol. The summed E-state index contributed by atoms with van der Waals surface area (Å²) in [5.41, 5.74) is 1.51. The molecule has 0 saturated heterocycles. The Bertz CT molecular complexity index is 493. The van der Waals surface area contributed by atoms with Gasteiger partial charge in [0.1, 0.15) is 0 Å². The summed E-state index contributed by atoms with van der Waals surface area (Å²) in [5.74, 6) is -1.46. The number of hydrogen-bond acceptors (Lipinski definition) is 3. The largest absolute Gasteiger partial charge is 0.481 e. The molecule has 0 spiro atoms. The van der Waals surface area contributed by atoms with Crippen LogP contribution >= 0.6 is 0 Å². The second-order valence-corrected chi connectivity index (χ2v) is 3.98. The topological polar surface area (TPSA) is 71.4 Å². The SMILES string of the molecule is CC(=O)C(=Cc1ccc(CC(=O)O)cc1)C(C)=O. The molecule has 0 saturated carbocycles. The van der Waals surface area contributed by atoms with E-state index in [-0.39, 0.29) is 23.6 Å². The van der Waals surface area contributed by atoms with Gasteiger partial charge in [0.05, 0.1) is 12.0 Å². The highest BCUT2D eigenvalue weighted by Gasteiger charge is 2.09. The first-order valence-corrected chi connectivity index (χ1v) is 5.44. The number of carboxylic acid groups (broad SMARTS) is 1. The molecule has 0 aliphatic rings. The number of carboxylic acids is 1. The van der Waals surface area contributed by atoms with Gasteiger partial charge in [-0.1, -0.05) is 24.3 Å². The van der Waals surface area contributed by atoms with Gasteiger partial charge in [0.15, 0.2) is 11.6 Å². The van der Waals surface area contributed by atoms with Crippen molar-refractivity contribution in [2.75, 3.05) is 0 Å². The Hall–Kier alpha value is -2.23. The van der Waals surface area contributed by atoms with Gasteiger partial charge in [-0.05, 0) is 31.1 Å². The number of hydrogen-bond donors (Lipinski definition) is 1. The van der Waals surface area contributed by atoms with Crippen molar-refractivity contribution in [2.24, 2.45) is 0 Å². The van der Waals surface area contributed by atoms with Crippen LogP contribution in [0, 0.1) is 0 Å². The molecule has 1 N–H and O–H groups in total. The van der Waals surface area contributed by atoms with Crippen LogP contribution in [0.3, 0.4) is 0 Å². The second kappa shape index (κ2) is 5.91. The predicted molar refractivity (Wildman–Crippen MR) is 67.1 cm³/mol. The molecule has 0 fully saturated rings. The number of allylic oxidation sites excluding steroid dienone is 1. The molecule has 1 aromatic carbocycles. The molecule has 4 heteroatoms. The van der Waals surface area contributed by atoms with Crippen LogP contribution in [0.4, 0.5) is 0 Å². The fourth-order valence-corrected chi connectivity index (χ4v) is 1.52. The van der Waals surface area contributed by atoms with Crippen molar-refractivity contribution < 1.29 is 19.5 Å². The Balaban J connectivity index is 2.98. The van der Waals surface area contributed by atoms with E-state index in [2.05, 4.69) is 0 Å². The summed E-state index contributed by atoms with van der Waals surface area (Å²) in [4.78, 5) is 33.0. The van der Waals surface area contributed by atoms with Crippen molar-refractivity contribution >= 4 is 23.6 Å². The van der Waals surface area contributed by atoms with Gasteiger partial charge in [-0.15, -0.1) is 0 Å². The lowest BCUT2D eigenvalue weighted by atomic mass is 10.0. The van der Waals surface area contributed by atoms with E-state index in [0.717, 1.165) is 0 Å². The third-order valence-corrected chi connectivity index (χ3v) is 2.40. The highest BCUT2D eigenvalue weighted by atomic mass is 16.4. The van der Waals surface area contributed by atoms with Crippen LogP contribution in [-0.2, 0) is 20.8 Å². The van der Waals surface area contributed by atoms with E-state index in [4.69, 9.17) is 5.11 Å². The van der Waals surface area contributed by atoms with Crippen molar-refractivity contribution in [3.63, 3.8) is 0 Å². The van der Waals surface area contributed by atoms with Gasteiger partial charge in [-0.3, -0.25) is 14.4 Å². The molecule has 0 aliphatic heterocycles. The monoisotopic (exact) mass is 246 g/mol. The molecule has 0 radical (unpaired) electrons. The van der Waals surface area contributed by atoms with Crippen LogP contribution in [0.15, 0.2) is 29.8 Å². The fraction of sp³-hybridized carbons (Fsp3) is 0.214. The van der Waals surface area contributed by atoms with Crippen molar-refractivity contribution in [3.05, 3.63) is 41.0 Å². The summed E-state index contributed by atoms with van der Waals surface area (Å²) < 4.78 is 0. The number of Topliss-reactive ketones (excluding diaryl/α,β-unsaturated/α-hetero) is 2. The zero-order chi connectivity index (χ0) is 13.7. The first-order valence-electron chi connectivity index (χ1n) is 5.44. The summed E-state index contributed by atoms with van der Waals surface area (Å²) in [5, 5.41) is 8.63. The zero-order valence-corrected chi connectivity index (χ0v) is 10.3. The third kappa shape index (κ3) is 3.97. The Kier molecular flexibility index (Phi) is 4.54. The van der Waals surface area contributed by atoms with Gasteiger partial charge in [-0.25, -0.2) is 0 Å². The maximum absolute atomic E-state index is 11.2. The molecule has 0 unspecified atom stereocenters. The van der Waals surface area contributed by atoms with E-state index in [1.54, 1.807) is 24.3 Å². The number of carbonyl (C=O) groups is 3. The average Bonchev–Trinajstić information content (AvgIpc) is 2.26. The molecular weight excluding hydrogens is 232 g/mol. The zero-order valence-electron chi connectivity index (χ0n) is 10.3. The Morgan fingerprint density at radius 3 is 1.94 bits per heavy atom.